The average Bonchev–Trinajstić information content (AvgIpc) is 2.66. The number of non-ortho nitro benzene ring substituents is 1. The molecule has 8 heteroatoms. The third kappa shape index (κ3) is 6.77. The second kappa shape index (κ2) is 9.91. The molecule has 0 aliphatic rings. The molecule has 0 aliphatic heterocycles. The predicted octanol–water partition coefficient (Wildman–Crippen LogP) is 2.65. The zero-order valence-corrected chi connectivity index (χ0v) is 14.8. The Morgan fingerprint density at radius 2 is 1.70 bits per heavy atom. The lowest BCUT2D eigenvalue weighted by molar-refractivity contribution is -0.384. The molecule has 1 amide bonds. The monoisotopic (exact) mass is 372 g/mol. The fraction of sp³-hybridized carbons (Fsp3) is 0.263. The van der Waals surface area contributed by atoms with E-state index >= 15 is 0 Å². The fourth-order valence-electron chi connectivity index (χ4n) is 2.14. The average molecular weight is 372 g/mol. The number of ether oxygens (including phenoxy) is 2. The number of nitrogens with zero attached hydrogens (tertiary/aromatic N) is 1. The number of aryl methyl sites for hydroxylation is 1. The molecule has 0 aromatic heterocycles. The minimum atomic E-state index is -0.541. The molecule has 0 heterocycles. The molecule has 0 spiro atoms. The van der Waals surface area contributed by atoms with Crippen molar-refractivity contribution in [3.05, 3.63) is 69.8 Å². The van der Waals surface area contributed by atoms with Crippen LogP contribution in [0.2, 0.25) is 0 Å². The summed E-state index contributed by atoms with van der Waals surface area (Å²) in [6.45, 7) is 2.44. The number of hydrogen-bond donors (Lipinski definition) is 1. The van der Waals surface area contributed by atoms with Gasteiger partial charge in [-0.25, -0.2) is 0 Å². The quantitative estimate of drug-likeness (QED) is 0.314. The van der Waals surface area contributed by atoms with E-state index in [4.69, 9.17) is 9.47 Å². The zero-order valence-electron chi connectivity index (χ0n) is 14.8. The number of rotatable bonds is 9. The van der Waals surface area contributed by atoms with E-state index in [-0.39, 0.29) is 37.4 Å². The van der Waals surface area contributed by atoms with Crippen LogP contribution < -0.4 is 10.1 Å². The molecule has 0 unspecified atom stereocenters. The second-order valence-electron chi connectivity index (χ2n) is 5.69. The van der Waals surface area contributed by atoms with Crippen molar-refractivity contribution in [1.82, 2.24) is 5.32 Å². The molecule has 0 saturated carbocycles. The van der Waals surface area contributed by atoms with E-state index in [1.54, 1.807) is 0 Å². The summed E-state index contributed by atoms with van der Waals surface area (Å²) in [6.07, 6.45) is 0.0171. The van der Waals surface area contributed by atoms with Gasteiger partial charge in [0, 0.05) is 24.2 Å². The predicted molar refractivity (Wildman–Crippen MR) is 97.7 cm³/mol. The third-order valence-electron chi connectivity index (χ3n) is 3.59. The number of nitro benzene ring substituents is 1. The second-order valence-corrected chi connectivity index (χ2v) is 5.69. The topological polar surface area (TPSA) is 108 Å². The molecule has 142 valence electrons. The van der Waals surface area contributed by atoms with Gasteiger partial charge in [0.1, 0.15) is 19.0 Å². The lowest BCUT2D eigenvalue weighted by Gasteiger charge is -2.08. The maximum Gasteiger partial charge on any atom is 0.307 e. The maximum atomic E-state index is 11.9. The Hall–Kier alpha value is -3.42. The first kappa shape index (κ1) is 19.9. The number of nitrogens with one attached hydrogen (secondary N) is 1. The highest BCUT2D eigenvalue weighted by atomic mass is 16.6. The molecule has 0 bridgehead atoms. The van der Waals surface area contributed by atoms with Crippen molar-refractivity contribution in [2.45, 2.75) is 13.3 Å². The highest BCUT2D eigenvalue weighted by Crippen LogP contribution is 2.12. The van der Waals surface area contributed by atoms with Crippen LogP contribution in [-0.4, -0.2) is 36.6 Å². The molecule has 1 N–H and O–H groups in total. The van der Waals surface area contributed by atoms with Crippen molar-refractivity contribution < 1.29 is 24.0 Å². The molecule has 2 aromatic rings. The lowest BCUT2D eigenvalue weighted by atomic mass is 10.2. The SMILES string of the molecule is Cc1ccc(OCCOC(=O)CCNC(=O)c2ccc([N+](=O)[O-])cc2)cc1. The summed E-state index contributed by atoms with van der Waals surface area (Å²) in [5.41, 5.74) is 1.31. The van der Waals surface area contributed by atoms with Crippen molar-refractivity contribution in [3.63, 3.8) is 0 Å². The number of carbonyl (C=O) groups excluding carboxylic acids is 2. The van der Waals surface area contributed by atoms with Crippen LogP contribution in [0.4, 0.5) is 5.69 Å². The van der Waals surface area contributed by atoms with E-state index in [2.05, 4.69) is 5.32 Å². The zero-order chi connectivity index (χ0) is 19.6. The van der Waals surface area contributed by atoms with Gasteiger partial charge in [-0.2, -0.15) is 0 Å². The van der Waals surface area contributed by atoms with Crippen LogP contribution >= 0.6 is 0 Å². The van der Waals surface area contributed by atoms with Crippen LogP contribution in [0.25, 0.3) is 0 Å². The smallest absolute Gasteiger partial charge is 0.307 e. The summed E-state index contributed by atoms with van der Waals surface area (Å²) in [4.78, 5) is 33.6. The third-order valence-corrected chi connectivity index (χ3v) is 3.59. The first-order valence-electron chi connectivity index (χ1n) is 8.33. The molecule has 0 aliphatic carbocycles. The van der Waals surface area contributed by atoms with E-state index in [9.17, 15) is 19.7 Å². The van der Waals surface area contributed by atoms with E-state index < -0.39 is 16.8 Å². The first-order valence-corrected chi connectivity index (χ1v) is 8.33. The van der Waals surface area contributed by atoms with Crippen LogP contribution in [0.5, 0.6) is 5.75 Å². The van der Waals surface area contributed by atoms with Gasteiger partial charge in [0.05, 0.1) is 11.3 Å². The highest BCUT2D eigenvalue weighted by molar-refractivity contribution is 5.94. The van der Waals surface area contributed by atoms with Crippen LogP contribution in [0.1, 0.15) is 22.3 Å². The molecule has 0 radical (unpaired) electrons. The molecule has 0 saturated heterocycles. The number of esters is 1. The van der Waals surface area contributed by atoms with Crippen molar-refractivity contribution in [2.75, 3.05) is 19.8 Å². The number of amides is 1. The van der Waals surface area contributed by atoms with Gasteiger partial charge < -0.3 is 14.8 Å². The maximum absolute atomic E-state index is 11.9. The van der Waals surface area contributed by atoms with Gasteiger partial charge in [0.25, 0.3) is 11.6 Å². The molecular formula is C19H20N2O6. The Balaban J connectivity index is 1.61. The molecule has 2 aromatic carbocycles. The van der Waals surface area contributed by atoms with E-state index in [0.29, 0.717) is 5.75 Å². The normalized spacial score (nSPS) is 10.1. The number of hydrogen-bond acceptors (Lipinski definition) is 6. The van der Waals surface area contributed by atoms with Gasteiger partial charge >= 0.3 is 5.97 Å². The van der Waals surface area contributed by atoms with Crippen molar-refractivity contribution in [2.24, 2.45) is 0 Å². The molecule has 8 nitrogen and oxygen atoms in total. The van der Waals surface area contributed by atoms with Gasteiger partial charge in [0.15, 0.2) is 0 Å². The molecule has 2 rings (SSSR count). The van der Waals surface area contributed by atoms with Gasteiger partial charge in [-0.1, -0.05) is 17.7 Å². The minimum absolute atomic E-state index is 0.0171. The van der Waals surface area contributed by atoms with Crippen LogP contribution in [0.15, 0.2) is 48.5 Å². The van der Waals surface area contributed by atoms with E-state index in [1.165, 1.54) is 24.3 Å². The Bertz CT molecular complexity index is 787. The summed E-state index contributed by atoms with van der Waals surface area (Å²) in [6, 6.07) is 12.7. The Morgan fingerprint density at radius 1 is 1.04 bits per heavy atom. The Morgan fingerprint density at radius 3 is 2.33 bits per heavy atom. The van der Waals surface area contributed by atoms with Gasteiger partial charge in [0.2, 0.25) is 0 Å². The minimum Gasteiger partial charge on any atom is -0.490 e. The summed E-state index contributed by atoms with van der Waals surface area (Å²) in [5.74, 6) is -0.168. The Labute approximate surface area is 156 Å². The molecular weight excluding hydrogens is 352 g/mol. The van der Waals surface area contributed by atoms with Crippen molar-refractivity contribution >= 4 is 17.6 Å². The molecule has 27 heavy (non-hydrogen) atoms. The van der Waals surface area contributed by atoms with Crippen LogP contribution in [-0.2, 0) is 9.53 Å². The Kier molecular flexibility index (Phi) is 7.30. The number of benzene rings is 2. The lowest BCUT2D eigenvalue weighted by Crippen LogP contribution is -2.26. The van der Waals surface area contributed by atoms with Crippen molar-refractivity contribution in [1.29, 1.82) is 0 Å². The number of nitro groups is 1. The van der Waals surface area contributed by atoms with Crippen molar-refractivity contribution in [3.8, 4) is 5.75 Å². The van der Waals surface area contributed by atoms with Gasteiger partial charge in [-0.3, -0.25) is 19.7 Å². The molecule has 0 atom stereocenters. The first-order chi connectivity index (χ1) is 13.0. The fourth-order valence-corrected chi connectivity index (χ4v) is 2.14. The largest absolute Gasteiger partial charge is 0.490 e. The summed E-state index contributed by atoms with van der Waals surface area (Å²) in [7, 11) is 0. The summed E-state index contributed by atoms with van der Waals surface area (Å²) < 4.78 is 10.5. The van der Waals surface area contributed by atoms with E-state index in [0.717, 1.165) is 5.56 Å². The summed E-state index contributed by atoms with van der Waals surface area (Å²) in [5, 5.41) is 13.1. The number of carbonyl (C=O) groups is 2. The van der Waals surface area contributed by atoms with E-state index in [1.807, 2.05) is 31.2 Å². The van der Waals surface area contributed by atoms with Crippen LogP contribution in [0.3, 0.4) is 0 Å². The highest BCUT2D eigenvalue weighted by Gasteiger charge is 2.10. The van der Waals surface area contributed by atoms with Crippen LogP contribution in [0, 0.1) is 17.0 Å². The van der Waals surface area contributed by atoms with Gasteiger partial charge in [-0.15, -0.1) is 0 Å². The summed E-state index contributed by atoms with van der Waals surface area (Å²) >= 11 is 0. The standard InChI is InChI=1S/C19H20N2O6/c1-14-2-8-17(9-3-14)26-12-13-27-18(22)10-11-20-19(23)15-4-6-16(7-5-15)21(24)25/h2-9H,10-13H2,1H3,(H,20,23). The molecule has 0 fully saturated rings. The van der Waals surface area contributed by atoms with Gasteiger partial charge in [-0.05, 0) is 31.2 Å².